The Labute approximate surface area is 175 Å². The highest BCUT2D eigenvalue weighted by atomic mass is 79.9. The number of benzene rings is 2. The number of hydrogen-bond donors (Lipinski definition) is 1. The molecule has 2 aromatic rings. The van der Waals surface area contributed by atoms with E-state index in [1.54, 1.807) is 7.11 Å². The van der Waals surface area contributed by atoms with E-state index in [2.05, 4.69) is 26.1 Å². The molecule has 1 unspecified atom stereocenters. The van der Waals surface area contributed by atoms with Gasteiger partial charge in [0.2, 0.25) is 0 Å². The normalized spacial score (nSPS) is 17.2. The Kier molecular flexibility index (Phi) is 6.91. The quantitative estimate of drug-likeness (QED) is 0.628. The number of methoxy groups -OCH3 is 1. The summed E-state index contributed by atoms with van der Waals surface area (Å²) in [5.41, 5.74) is 0.494. The standard InChI is InChI=1S/C20H21BrClF3N2O/c1-28-18-6-4-14(21)12-16(18)19(27-9-2-7-26-8-10-27)15-11-13(20(23,24)25)3-5-17(15)22/h3-6,11-12,19,26H,2,7-10H2,1H3. The summed E-state index contributed by atoms with van der Waals surface area (Å²) in [6.07, 6.45) is -3.55. The summed E-state index contributed by atoms with van der Waals surface area (Å²) in [6.45, 7) is 3.05. The van der Waals surface area contributed by atoms with E-state index in [4.69, 9.17) is 16.3 Å². The van der Waals surface area contributed by atoms with Gasteiger partial charge in [0.25, 0.3) is 0 Å². The Morgan fingerprint density at radius 1 is 1.11 bits per heavy atom. The smallest absolute Gasteiger partial charge is 0.416 e. The van der Waals surface area contributed by atoms with Crippen LogP contribution in [0.1, 0.15) is 29.2 Å². The molecular weight excluding hydrogens is 457 g/mol. The second-order valence-electron chi connectivity index (χ2n) is 6.66. The first kappa shape index (κ1) is 21.4. The molecule has 3 nitrogen and oxygen atoms in total. The fourth-order valence-electron chi connectivity index (χ4n) is 3.53. The summed E-state index contributed by atoms with van der Waals surface area (Å²) in [5, 5.41) is 3.63. The predicted octanol–water partition coefficient (Wildman–Crippen LogP) is 5.51. The number of rotatable bonds is 4. The van der Waals surface area contributed by atoms with Crippen LogP contribution in [0.15, 0.2) is 40.9 Å². The summed E-state index contributed by atoms with van der Waals surface area (Å²) < 4.78 is 46.5. The van der Waals surface area contributed by atoms with Gasteiger partial charge in [-0.15, -0.1) is 0 Å². The first-order valence-electron chi connectivity index (χ1n) is 8.96. The first-order chi connectivity index (χ1) is 13.3. The highest BCUT2D eigenvalue weighted by molar-refractivity contribution is 9.10. The second kappa shape index (κ2) is 9.03. The Morgan fingerprint density at radius 3 is 2.61 bits per heavy atom. The van der Waals surface area contributed by atoms with E-state index < -0.39 is 17.8 Å². The molecule has 1 N–H and O–H groups in total. The minimum Gasteiger partial charge on any atom is -0.496 e. The van der Waals surface area contributed by atoms with Crippen molar-refractivity contribution in [3.63, 3.8) is 0 Å². The number of alkyl halides is 3. The third-order valence-corrected chi connectivity index (χ3v) is 5.68. The Balaban J connectivity index is 2.19. The van der Waals surface area contributed by atoms with Crippen molar-refractivity contribution in [2.24, 2.45) is 0 Å². The Bertz CT molecular complexity index is 824. The molecule has 0 radical (unpaired) electrons. The molecule has 0 aliphatic carbocycles. The van der Waals surface area contributed by atoms with Gasteiger partial charge in [-0.3, -0.25) is 4.90 Å². The fourth-order valence-corrected chi connectivity index (χ4v) is 4.13. The SMILES string of the molecule is COc1ccc(Br)cc1C(c1cc(C(F)(F)F)ccc1Cl)N1CCCNCC1. The van der Waals surface area contributed by atoms with Crippen LogP contribution >= 0.6 is 27.5 Å². The summed E-state index contributed by atoms with van der Waals surface area (Å²) in [7, 11) is 1.56. The minimum absolute atomic E-state index is 0.303. The lowest BCUT2D eigenvalue weighted by Crippen LogP contribution is -2.33. The van der Waals surface area contributed by atoms with Gasteiger partial charge < -0.3 is 10.1 Å². The van der Waals surface area contributed by atoms with Crippen molar-refractivity contribution in [2.75, 3.05) is 33.3 Å². The molecule has 0 bridgehead atoms. The molecule has 8 heteroatoms. The van der Waals surface area contributed by atoms with Crippen LogP contribution in [0.3, 0.4) is 0 Å². The van der Waals surface area contributed by atoms with Crippen LogP contribution < -0.4 is 10.1 Å². The topological polar surface area (TPSA) is 24.5 Å². The van der Waals surface area contributed by atoms with E-state index in [1.165, 1.54) is 6.07 Å². The number of nitrogens with one attached hydrogen (secondary N) is 1. The van der Waals surface area contributed by atoms with E-state index in [1.807, 2.05) is 18.2 Å². The highest BCUT2D eigenvalue weighted by Gasteiger charge is 2.34. The molecule has 2 aromatic carbocycles. The van der Waals surface area contributed by atoms with Crippen LogP contribution in [0.4, 0.5) is 13.2 Å². The molecule has 0 aromatic heterocycles. The zero-order valence-electron chi connectivity index (χ0n) is 15.3. The van der Waals surface area contributed by atoms with Gasteiger partial charge in [0, 0.05) is 34.7 Å². The molecule has 1 saturated heterocycles. The second-order valence-corrected chi connectivity index (χ2v) is 7.99. The van der Waals surface area contributed by atoms with Crippen LogP contribution in [0.5, 0.6) is 5.75 Å². The number of halogens is 5. The maximum Gasteiger partial charge on any atom is 0.416 e. The molecule has 0 spiro atoms. The van der Waals surface area contributed by atoms with E-state index in [0.717, 1.165) is 48.2 Å². The van der Waals surface area contributed by atoms with Gasteiger partial charge in [-0.1, -0.05) is 27.5 Å². The molecule has 3 rings (SSSR count). The van der Waals surface area contributed by atoms with E-state index in [0.29, 0.717) is 22.9 Å². The lowest BCUT2D eigenvalue weighted by molar-refractivity contribution is -0.137. The van der Waals surface area contributed by atoms with E-state index >= 15 is 0 Å². The largest absolute Gasteiger partial charge is 0.496 e. The molecule has 1 aliphatic heterocycles. The molecule has 28 heavy (non-hydrogen) atoms. The fraction of sp³-hybridized carbons (Fsp3) is 0.400. The summed E-state index contributed by atoms with van der Waals surface area (Å²) >= 11 is 9.90. The van der Waals surface area contributed by atoms with Crippen molar-refractivity contribution >= 4 is 27.5 Å². The zero-order valence-corrected chi connectivity index (χ0v) is 17.7. The van der Waals surface area contributed by atoms with E-state index in [9.17, 15) is 13.2 Å². The van der Waals surface area contributed by atoms with Crippen molar-refractivity contribution in [1.82, 2.24) is 10.2 Å². The zero-order chi connectivity index (χ0) is 20.3. The van der Waals surface area contributed by atoms with Crippen molar-refractivity contribution in [3.05, 3.63) is 62.6 Å². The summed E-state index contributed by atoms with van der Waals surface area (Å²) in [6, 6.07) is 8.59. The third kappa shape index (κ3) is 4.82. The van der Waals surface area contributed by atoms with Gasteiger partial charge in [-0.05, 0) is 54.9 Å². The summed E-state index contributed by atoms with van der Waals surface area (Å²) in [5.74, 6) is 0.610. The number of ether oxygens (including phenoxy) is 1. The van der Waals surface area contributed by atoms with Gasteiger partial charge >= 0.3 is 6.18 Å². The molecular formula is C20H21BrClF3N2O. The van der Waals surface area contributed by atoms with Gasteiger partial charge in [0.05, 0.1) is 18.7 Å². The maximum absolute atomic E-state index is 13.4. The molecule has 0 saturated carbocycles. The average Bonchev–Trinajstić information content (AvgIpc) is 2.92. The number of nitrogens with zero attached hydrogens (tertiary/aromatic N) is 1. The highest BCUT2D eigenvalue weighted by Crippen LogP contribution is 2.41. The lowest BCUT2D eigenvalue weighted by atomic mass is 9.94. The van der Waals surface area contributed by atoms with Crippen LogP contribution in [-0.2, 0) is 6.18 Å². The Morgan fingerprint density at radius 2 is 1.89 bits per heavy atom. The summed E-state index contributed by atoms with van der Waals surface area (Å²) in [4.78, 5) is 2.16. The van der Waals surface area contributed by atoms with Crippen LogP contribution in [0.25, 0.3) is 0 Å². The van der Waals surface area contributed by atoms with Crippen molar-refractivity contribution in [1.29, 1.82) is 0 Å². The lowest BCUT2D eigenvalue weighted by Gasteiger charge is -2.33. The van der Waals surface area contributed by atoms with Gasteiger partial charge in [-0.25, -0.2) is 0 Å². The predicted molar refractivity (Wildman–Crippen MR) is 108 cm³/mol. The molecule has 1 fully saturated rings. The maximum atomic E-state index is 13.4. The van der Waals surface area contributed by atoms with Crippen LogP contribution in [0.2, 0.25) is 5.02 Å². The van der Waals surface area contributed by atoms with Gasteiger partial charge in [0.1, 0.15) is 5.75 Å². The van der Waals surface area contributed by atoms with Gasteiger partial charge in [0.15, 0.2) is 0 Å². The third-order valence-electron chi connectivity index (χ3n) is 4.84. The van der Waals surface area contributed by atoms with Crippen LogP contribution in [0, 0.1) is 0 Å². The van der Waals surface area contributed by atoms with Crippen molar-refractivity contribution in [2.45, 2.75) is 18.6 Å². The minimum atomic E-state index is -4.44. The van der Waals surface area contributed by atoms with E-state index in [-0.39, 0.29) is 0 Å². The van der Waals surface area contributed by atoms with Crippen molar-refractivity contribution in [3.8, 4) is 5.75 Å². The molecule has 152 valence electrons. The van der Waals surface area contributed by atoms with Crippen molar-refractivity contribution < 1.29 is 17.9 Å². The van der Waals surface area contributed by atoms with Gasteiger partial charge in [-0.2, -0.15) is 13.2 Å². The molecule has 1 atom stereocenters. The first-order valence-corrected chi connectivity index (χ1v) is 10.1. The monoisotopic (exact) mass is 476 g/mol. The molecule has 1 aliphatic rings. The average molecular weight is 478 g/mol. The van der Waals surface area contributed by atoms with Crippen LogP contribution in [-0.4, -0.2) is 38.2 Å². The molecule has 1 heterocycles. The Hall–Kier alpha value is -1.28. The number of hydrogen-bond acceptors (Lipinski definition) is 3. The molecule has 0 amide bonds.